The molecule has 1 aliphatic rings. The Bertz CT molecular complexity index is 1180. The van der Waals surface area contributed by atoms with Gasteiger partial charge in [-0.2, -0.15) is 4.52 Å². The highest BCUT2D eigenvalue weighted by Gasteiger charge is 2.20. The van der Waals surface area contributed by atoms with Crippen molar-refractivity contribution in [3.05, 3.63) is 54.4 Å². The van der Waals surface area contributed by atoms with E-state index < -0.39 is 0 Å². The Balaban J connectivity index is 1.25. The summed E-state index contributed by atoms with van der Waals surface area (Å²) < 4.78 is 7.33. The molecule has 1 saturated heterocycles. The topological polar surface area (TPSA) is 84.8 Å². The van der Waals surface area contributed by atoms with Crippen LogP contribution < -0.4 is 15.4 Å². The first-order valence-electron chi connectivity index (χ1n) is 10.8. The van der Waals surface area contributed by atoms with Gasteiger partial charge in [-0.15, -0.1) is 5.10 Å². The zero-order valence-electron chi connectivity index (χ0n) is 17.7. The molecular formula is C23H27N7O. The number of hydrogen-bond acceptors (Lipinski definition) is 7. The molecule has 160 valence electrons. The monoisotopic (exact) mass is 417 g/mol. The fraction of sp³-hybridized carbons (Fsp3) is 0.348. The smallest absolute Gasteiger partial charge is 0.223 e. The van der Waals surface area contributed by atoms with Crippen molar-refractivity contribution in [3.8, 4) is 5.75 Å². The number of anilines is 2. The third kappa shape index (κ3) is 3.98. The molecular weight excluding hydrogens is 390 g/mol. The zero-order chi connectivity index (χ0) is 21.2. The highest BCUT2D eigenvalue weighted by molar-refractivity contribution is 5.92. The summed E-state index contributed by atoms with van der Waals surface area (Å²) in [5, 5.41) is 5.58. The van der Waals surface area contributed by atoms with Crippen LogP contribution in [0.1, 0.15) is 19.2 Å². The van der Waals surface area contributed by atoms with E-state index in [1.807, 2.05) is 24.3 Å². The fourth-order valence-corrected chi connectivity index (χ4v) is 4.02. The van der Waals surface area contributed by atoms with E-state index in [1.165, 1.54) is 5.69 Å². The molecule has 0 aliphatic carbocycles. The largest absolute Gasteiger partial charge is 0.494 e. The number of nitrogens with zero attached hydrogens (tertiary/aromatic N) is 6. The Morgan fingerprint density at radius 2 is 1.74 bits per heavy atom. The average molecular weight is 418 g/mol. The Morgan fingerprint density at radius 1 is 0.968 bits per heavy atom. The second-order valence-electron chi connectivity index (χ2n) is 7.86. The van der Waals surface area contributed by atoms with Gasteiger partial charge in [0.05, 0.1) is 18.7 Å². The summed E-state index contributed by atoms with van der Waals surface area (Å²) in [5.41, 5.74) is 8.95. The third-order valence-corrected chi connectivity index (χ3v) is 5.66. The van der Waals surface area contributed by atoms with Crippen molar-refractivity contribution in [2.75, 3.05) is 43.4 Å². The van der Waals surface area contributed by atoms with E-state index in [9.17, 15) is 0 Å². The Hall–Kier alpha value is -3.39. The molecule has 0 saturated carbocycles. The molecule has 1 aliphatic heterocycles. The van der Waals surface area contributed by atoms with E-state index in [-0.39, 0.29) is 0 Å². The lowest BCUT2D eigenvalue weighted by Gasteiger charge is -2.35. The van der Waals surface area contributed by atoms with E-state index in [0.29, 0.717) is 12.5 Å². The molecule has 8 heteroatoms. The van der Waals surface area contributed by atoms with Gasteiger partial charge in [-0.05, 0) is 42.8 Å². The molecule has 2 aromatic heterocycles. The van der Waals surface area contributed by atoms with E-state index >= 15 is 0 Å². The molecule has 0 spiro atoms. The maximum Gasteiger partial charge on any atom is 0.223 e. The van der Waals surface area contributed by atoms with Gasteiger partial charge in [-0.25, -0.2) is 9.97 Å². The minimum Gasteiger partial charge on any atom is -0.494 e. The summed E-state index contributed by atoms with van der Waals surface area (Å²) in [6, 6.07) is 16.3. The Labute approximate surface area is 181 Å². The number of nitrogens with two attached hydrogens (primary N) is 1. The lowest BCUT2D eigenvalue weighted by Crippen LogP contribution is -2.46. The lowest BCUT2D eigenvalue weighted by atomic mass is 10.2. The average Bonchev–Trinajstić information content (AvgIpc) is 3.23. The molecule has 3 heterocycles. The lowest BCUT2D eigenvalue weighted by molar-refractivity contribution is 0.244. The maximum absolute atomic E-state index is 6.11. The Kier molecular flexibility index (Phi) is 5.30. The predicted octanol–water partition coefficient (Wildman–Crippen LogP) is 2.97. The number of aromatic nitrogens is 4. The van der Waals surface area contributed by atoms with Crippen LogP contribution in [0.15, 0.2) is 48.5 Å². The molecule has 2 N–H and O–H groups in total. The van der Waals surface area contributed by atoms with Crippen molar-refractivity contribution >= 4 is 28.2 Å². The highest BCUT2D eigenvalue weighted by atomic mass is 16.5. The predicted molar refractivity (Wildman–Crippen MR) is 122 cm³/mol. The van der Waals surface area contributed by atoms with E-state index in [2.05, 4.69) is 51.1 Å². The Morgan fingerprint density at radius 3 is 2.52 bits per heavy atom. The molecule has 0 bridgehead atoms. The van der Waals surface area contributed by atoms with E-state index in [4.69, 9.17) is 15.5 Å². The molecule has 5 rings (SSSR count). The summed E-state index contributed by atoms with van der Waals surface area (Å²) >= 11 is 0. The van der Waals surface area contributed by atoms with Crippen LogP contribution in [0.3, 0.4) is 0 Å². The van der Waals surface area contributed by atoms with Crippen molar-refractivity contribution in [3.63, 3.8) is 0 Å². The normalized spacial score (nSPS) is 15.1. The number of ether oxygens (including phenoxy) is 1. The molecule has 4 aromatic rings. The number of hydrogen-bond donors (Lipinski definition) is 1. The maximum atomic E-state index is 6.11. The number of fused-ring (bicyclic) bond motifs is 3. The van der Waals surface area contributed by atoms with Crippen LogP contribution in [-0.2, 0) is 6.54 Å². The van der Waals surface area contributed by atoms with Crippen LogP contribution in [0.2, 0.25) is 0 Å². The van der Waals surface area contributed by atoms with E-state index in [0.717, 1.165) is 67.3 Å². The quantitative estimate of drug-likeness (QED) is 0.516. The van der Waals surface area contributed by atoms with Crippen LogP contribution >= 0.6 is 0 Å². The van der Waals surface area contributed by atoms with Gasteiger partial charge < -0.3 is 15.4 Å². The van der Waals surface area contributed by atoms with Crippen molar-refractivity contribution < 1.29 is 4.74 Å². The standard InChI is InChI=1S/C23H27N7O/c1-2-15-31-18-9-7-17(8-10-18)29-13-11-28(12-14-29)16-21-26-22-19-5-3-4-6-20(19)25-23(24)30(22)27-21/h3-10H,2,11-16H2,1H3,(H2,24,25). The SMILES string of the molecule is CCCOc1ccc(N2CCN(Cc3nc4c5ccccc5nc(N)n4n3)CC2)cc1. The molecule has 1 fully saturated rings. The van der Waals surface area contributed by atoms with Crippen LogP contribution in [-0.4, -0.2) is 57.3 Å². The molecule has 0 radical (unpaired) electrons. The number of nitrogen functional groups attached to an aromatic ring is 1. The van der Waals surface area contributed by atoms with Crippen molar-refractivity contribution in [2.45, 2.75) is 19.9 Å². The second-order valence-corrected chi connectivity index (χ2v) is 7.86. The van der Waals surface area contributed by atoms with Gasteiger partial charge in [-0.1, -0.05) is 19.1 Å². The summed E-state index contributed by atoms with van der Waals surface area (Å²) in [7, 11) is 0. The molecule has 31 heavy (non-hydrogen) atoms. The van der Waals surface area contributed by atoms with Crippen LogP contribution in [0.25, 0.3) is 16.6 Å². The van der Waals surface area contributed by atoms with Crippen LogP contribution in [0.5, 0.6) is 5.75 Å². The first-order valence-corrected chi connectivity index (χ1v) is 10.8. The van der Waals surface area contributed by atoms with Gasteiger partial charge in [0.15, 0.2) is 11.5 Å². The van der Waals surface area contributed by atoms with Crippen LogP contribution in [0, 0.1) is 0 Å². The van der Waals surface area contributed by atoms with E-state index in [1.54, 1.807) is 4.52 Å². The van der Waals surface area contributed by atoms with Gasteiger partial charge in [-0.3, -0.25) is 4.90 Å². The molecule has 0 amide bonds. The molecule has 0 unspecified atom stereocenters. The van der Waals surface area contributed by atoms with Gasteiger partial charge in [0.2, 0.25) is 5.95 Å². The number of para-hydroxylation sites is 1. The van der Waals surface area contributed by atoms with Crippen molar-refractivity contribution in [1.82, 2.24) is 24.5 Å². The summed E-state index contributed by atoms with van der Waals surface area (Å²) in [6.45, 7) is 7.42. The first kappa shape index (κ1) is 19.6. The number of benzene rings is 2. The molecule has 0 atom stereocenters. The van der Waals surface area contributed by atoms with Gasteiger partial charge in [0.1, 0.15) is 5.75 Å². The first-order chi connectivity index (χ1) is 15.2. The third-order valence-electron chi connectivity index (χ3n) is 5.66. The summed E-state index contributed by atoms with van der Waals surface area (Å²) in [4.78, 5) is 14.0. The van der Waals surface area contributed by atoms with Crippen molar-refractivity contribution in [1.29, 1.82) is 0 Å². The number of rotatable bonds is 6. The van der Waals surface area contributed by atoms with Gasteiger partial charge in [0.25, 0.3) is 0 Å². The number of piperazine rings is 1. The summed E-state index contributed by atoms with van der Waals surface area (Å²) in [5.74, 6) is 2.07. The van der Waals surface area contributed by atoms with Gasteiger partial charge >= 0.3 is 0 Å². The van der Waals surface area contributed by atoms with Crippen LogP contribution in [0.4, 0.5) is 11.6 Å². The van der Waals surface area contributed by atoms with Crippen molar-refractivity contribution in [2.24, 2.45) is 0 Å². The second kappa shape index (κ2) is 8.39. The molecule has 8 nitrogen and oxygen atoms in total. The van der Waals surface area contributed by atoms with Gasteiger partial charge in [0, 0.05) is 37.3 Å². The zero-order valence-corrected chi connectivity index (χ0v) is 17.7. The minimum absolute atomic E-state index is 0.364. The fourth-order valence-electron chi connectivity index (χ4n) is 4.02. The highest BCUT2D eigenvalue weighted by Crippen LogP contribution is 2.22. The minimum atomic E-state index is 0.364. The molecule has 2 aromatic carbocycles. The summed E-state index contributed by atoms with van der Waals surface area (Å²) in [6.07, 6.45) is 1.02.